The van der Waals surface area contributed by atoms with E-state index in [1.807, 2.05) is 32.9 Å². The molecular formula is C14H19F. The molecule has 0 saturated carbocycles. The Balaban J connectivity index is 5.04. The molecule has 15 heavy (non-hydrogen) atoms. The molecule has 0 radical (unpaired) electrons. The van der Waals surface area contributed by atoms with Crippen LogP contribution in [0.3, 0.4) is 0 Å². The van der Waals surface area contributed by atoms with Gasteiger partial charge in [0, 0.05) is 5.41 Å². The molecule has 0 unspecified atom stereocenters. The molecule has 0 saturated heterocycles. The van der Waals surface area contributed by atoms with E-state index < -0.39 is 5.41 Å². The van der Waals surface area contributed by atoms with Crippen LogP contribution in [0.4, 0.5) is 4.39 Å². The van der Waals surface area contributed by atoms with Crippen molar-refractivity contribution in [3.05, 3.63) is 61.0 Å². The Kier molecular flexibility index (Phi) is 4.99. The lowest BCUT2D eigenvalue weighted by Gasteiger charge is -2.27. The van der Waals surface area contributed by atoms with Crippen molar-refractivity contribution in [1.82, 2.24) is 0 Å². The highest BCUT2D eigenvalue weighted by Gasteiger charge is 2.26. The van der Waals surface area contributed by atoms with Crippen molar-refractivity contribution in [1.29, 1.82) is 0 Å². The lowest BCUT2D eigenvalue weighted by Crippen LogP contribution is -2.16. The van der Waals surface area contributed by atoms with Crippen LogP contribution in [0.5, 0.6) is 0 Å². The average molecular weight is 206 g/mol. The molecular weight excluding hydrogens is 187 g/mol. The van der Waals surface area contributed by atoms with Gasteiger partial charge in [-0.1, -0.05) is 51.8 Å². The van der Waals surface area contributed by atoms with Crippen LogP contribution in [0.1, 0.15) is 20.8 Å². The van der Waals surface area contributed by atoms with Crippen LogP contribution >= 0.6 is 0 Å². The molecule has 0 aliphatic rings. The maximum atomic E-state index is 13.5. The summed E-state index contributed by atoms with van der Waals surface area (Å²) in [5.74, 6) is -0.347. The van der Waals surface area contributed by atoms with Gasteiger partial charge in [-0.25, -0.2) is 4.39 Å². The molecule has 0 amide bonds. The second-order valence-corrected chi connectivity index (χ2v) is 3.88. The summed E-state index contributed by atoms with van der Waals surface area (Å²) in [4.78, 5) is 0. The molecule has 82 valence electrons. The van der Waals surface area contributed by atoms with E-state index in [9.17, 15) is 4.39 Å². The van der Waals surface area contributed by atoms with E-state index in [-0.39, 0.29) is 5.83 Å². The summed E-state index contributed by atoms with van der Waals surface area (Å²) in [5, 5.41) is 0. The zero-order valence-electron chi connectivity index (χ0n) is 9.81. The second kappa shape index (κ2) is 5.50. The van der Waals surface area contributed by atoms with E-state index in [1.165, 1.54) is 12.2 Å². The van der Waals surface area contributed by atoms with Gasteiger partial charge in [0.15, 0.2) is 0 Å². The van der Waals surface area contributed by atoms with E-state index in [4.69, 9.17) is 0 Å². The van der Waals surface area contributed by atoms with Gasteiger partial charge in [0.05, 0.1) is 0 Å². The van der Waals surface area contributed by atoms with Crippen LogP contribution in [-0.2, 0) is 0 Å². The molecule has 0 spiro atoms. The van der Waals surface area contributed by atoms with Crippen molar-refractivity contribution >= 4 is 0 Å². The minimum Gasteiger partial charge on any atom is -0.207 e. The van der Waals surface area contributed by atoms with Gasteiger partial charge in [0.1, 0.15) is 5.83 Å². The average Bonchev–Trinajstić information content (AvgIpc) is 2.17. The van der Waals surface area contributed by atoms with Crippen molar-refractivity contribution in [2.75, 3.05) is 0 Å². The minimum atomic E-state index is -0.476. The Morgan fingerprint density at radius 1 is 1.27 bits per heavy atom. The van der Waals surface area contributed by atoms with Crippen molar-refractivity contribution in [2.45, 2.75) is 20.8 Å². The molecule has 0 bridgehead atoms. The molecule has 0 nitrogen and oxygen atoms in total. The standard InChI is InChI=1S/C14H19F/c1-7-9-11(3)14(5,6)12(4)13(15)10-8-2/h7-10H,2-4H2,1,5-6H3/b9-7-,13-10+. The fourth-order valence-electron chi connectivity index (χ4n) is 1.11. The predicted molar refractivity (Wildman–Crippen MR) is 66.3 cm³/mol. The Morgan fingerprint density at radius 2 is 1.80 bits per heavy atom. The van der Waals surface area contributed by atoms with E-state index in [0.717, 1.165) is 5.57 Å². The minimum absolute atomic E-state index is 0.347. The number of rotatable bonds is 5. The van der Waals surface area contributed by atoms with Gasteiger partial charge in [-0.3, -0.25) is 0 Å². The quantitative estimate of drug-likeness (QED) is 0.570. The van der Waals surface area contributed by atoms with Gasteiger partial charge in [-0.15, -0.1) is 0 Å². The fourth-order valence-corrected chi connectivity index (χ4v) is 1.11. The van der Waals surface area contributed by atoms with Crippen LogP contribution < -0.4 is 0 Å². The zero-order chi connectivity index (χ0) is 12.1. The third-order valence-electron chi connectivity index (χ3n) is 2.48. The largest absolute Gasteiger partial charge is 0.207 e. The van der Waals surface area contributed by atoms with Gasteiger partial charge in [0.2, 0.25) is 0 Å². The van der Waals surface area contributed by atoms with E-state index in [1.54, 1.807) is 0 Å². The molecule has 0 aromatic heterocycles. The van der Waals surface area contributed by atoms with Crippen LogP contribution in [-0.4, -0.2) is 0 Å². The maximum Gasteiger partial charge on any atom is 0.126 e. The summed E-state index contributed by atoms with van der Waals surface area (Å²) in [6.45, 7) is 16.8. The molecule has 0 heterocycles. The summed E-state index contributed by atoms with van der Waals surface area (Å²) in [6, 6.07) is 0. The summed E-state index contributed by atoms with van der Waals surface area (Å²) in [7, 11) is 0. The van der Waals surface area contributed by atoms with Crippen LogP contribution in [0.2, 0.25) is 0 Å². The number of hydrogen-bond acceptors (Lipinski definition) is 0. The van der Waals surface area contributed by atoms with Gasteiger partial charge in [0.25, 0.3) is 0 Å². The highest BCUT2D eigenvalue weighted by molar-refractivity contribution is 5.40. The van der Waals surface area contributed by atoms with Crippen molar-refractivity contribution in [3.8, 4) is 0 Å². The Labute approximate surface area is 92.2 Å². The van der Waals surface area contributed by atoms with Crippen LogP contribution in [0.15, 0.2) is 61.0 Å². The van der Waals surface area contributed by atoms with Gasteiger partial charge in [-0.05, 0) is 24.1 Å². The lowest BCUT2D eigenvalue weighted by atomic mass is 9.77. The highest BCUT2D eigenvalue weighted by atomic mass is 19.1. The summed E-state index contributed by atoms with van der Waals surface area (Å²) in [6.07, 6.45) is 6.47. The first kappa shape index (κ1) is 13.6. The SMILES string of the molecule is C=C/C=C(/F)C(=C)C(C)(C)C(=C)/C=C\C. The Bertz CT molecular complexity index is 327. The third kappa shape index (κ3) is 3.35. The lowest BCUT2D eigenvalue weighted by molar-refractivity contribution is 0.514. The molecule has 0 aromatic carbocycles. The Morgan fingerprint density at radius 3 is 2.20 bits per heavy atom. The molecule has 1 heteroatoms. The molecule has 0 atom stereocenters. The summed E-state index contributed by atoms with van der Waals surface area (Å²) in [5.41, 5.74) is 0.781. The first-order valence-corrected chi connectivity index (χ1v) is 4.88. The van der Waals surface area contributed by atoms with Gasteiger partial charge < -0.3 is 0 Å². The van der Waals surface area contributed by atoms with E-state index >= 15 is 0 Å². The fraction of sp³-hybridized carbons (Fsp3) is 0.286. The monoisotopic (exact) mass is 206 g/mol. The van der Waals surface area contributed by atoms with Gasteiger partial charge >= 0.3 is 0 Å². The number of allylic oxidation sites excluding steroid dienone is 7. The second-order valence-electron chi connectivity index (χ2n) is 3.88. The first-order chi connectivity index (χ1) is 6.87. The highest BCUT2D eigenvalue weighted by Crippen LogP contribution is 2.37. The summed E-state index contributed by atoms with van der Waals surface area (Å²) >= 11 is 0. The topological polar surface area (TPSA) is 0 Å². The number of hydrogen-bond donors (Lipinski definition) is 0. The van der Waals surface area contributed by atoms with Crippen LogP contribution in [0, 0.1) is 5.41 Å². The number of halogens is 1. The molecule has 0 fully saturated rings. The predicted octanol–water partition coefficient (Wildman–Crippen LogP) is 4.74. The zero-order valence-corrected chi connectivity index (χ0v) is 9.81. The molecule has 0 aliphatic carbocycles. The van der Waals surface area contributed by atoms with Crippen LogP contribution in [0.25, 0.3) is 0 Å². The first-order valence-electron chi connectivity index (χ1n) is 4.88. The normalized spacial score (nSPS) is 12.9. The van der Waals surface area contributed by atoms with Crippen molar-refractivity contribution < 1.29 is 4.39 Å². The molecule has 0 N–H and O–H groups in total. The van der Waals surface area contributed by atoms with Crippen molar-refractivity contribution in [2.24, 2.45) is 5.41 Å². The summed E-state index contributed by atoms with van der Waals surface area (Å²) < 4.78 is 13.5. The Hall–Kier alpha value is -1.37. The smallest absolute Gasteiger partial charge is 0.126 e. The third-order valence-corrected chi connectivity index (χ3v) is 2.48. The maximum absolute atomic E-state index is 13.5. The molecule has 0 aliphatic heterocycles. The van der Waals surface area contributed by atoms with E-state index in [2.05, 4.69) is 19.7 Å². The van der Waals surface area contributed by atoms with E-state index in [0.29, 0.717) is 5.57 Å². The molecule has 0 rings (SSSR count). The molecule has 0 aromatic rings. The van der Waals surface area contributed by atoms with Gasteiger partial charge in [-0.2, -0.15) is 0 Å². The van der Waals surface area contributed by atoms with Crippen molar-refractivity contribution in [3.63, 3.8) is 0 Å².